The molecule has 0 spiro atoms. The molecule has 15 heavy (non-hydrogen) atoms. The number of hydrogen-bond donors (Lipinski definition) is 0. The molecule has 0 saturated heterocycles. The Labute approximate surface area is 103 Å². The first kappa shape index (κ1) is 11.2. The Morgan fingerprint density at radius 1 is 1.53 bits per heavy atom. The van der Waals surface area contributed by atoms with Gasteiger partial charge in [0, 0.05) is 21.6 Å². The zero-order valence-electron chi connectivity index (χ0n) is 8.17. The van der Waals surface area contributed by atoms with Crippen molar-refractivity contribution >= 4 is 35.0 Å². The van der Waals surface area contributed by atoms with Crippen LogP contribution in [0.25, 0.3) is 0 Å². The van der Waals surface area contributed by atoms with Crippen LogP contribution in [0.1, 0.15) is 10.9 Å². The Bertz CT molecular complexity index is 404. The van der Waals surface area contributed by atoms with E-state index < -0.39 is 0 Å². The van der Waals surface area contributed by atoms with Crippen LogP contribution >= 0.6 is 35.0 Å². The molecule has 1 aliphatic heterocycles. The van der Waals surface area contributed by atoms with Gasteiger partial charge in [-0.2, -0.15) is 0 Å². The first-order valence-electron chi connectivity index (χ1n) is 4.50. The maximum Gasteiger partial charge on any atom is 0.124 e. The minimum absolute atomic E-state index is 0.168. The summed E-state index contributed by atoms with van der Waals surface area (Å²) in [6.07, 6.45) is 2.03. The number of rotatable bonds is 1. The smallest absolute Gasteiger partial charge is 0.124 e. The summed E-state index contributed by atoms with van der Waals surface area (Å²) in [6, 6.07) is 6.04. The van der Waals surface area contributed by atoms with Gasteiger partial charge in [0.15, 0.2) is 0 Å². The molecule has 0 radical (unpaired) electrons. The topological polar surface area (TPSA) is 9.23 Å². The highest BCUT2D eigenvalue weighted by Gasteiger charge is 2.23. The summed E-state index contributed by atoms with van der Waals surface area (Å²) in [4.78, 5) is 1.18. The van der Waals surface area contributed by atoms with Gasteiger partial charge in [-0.05, 0) is 24.5 Å². The second-order valence-electron chi connectivity index (χ2n) is 3.24. The number of thioether (sulfide) groups is 1. The molecule has 0 aliphatic carbocycles. The molecule has 1 heterocycles. The third-order valence-corrected chi connectivity index (χ3v) is 3.87. The maximum absolute atomic E-state index is 6.30. The maximum atomic E-state index is 6.30. The fraction of sp³-hybridized carbons (Fsp3) is 0.273. The monoisotopic (exact) mass is 260 g/mol. The Balaban J connectivity index is 2.44. The van der Waals surface area contributed by atoms with E-state index in [1.165, 1.54) is 10.4 Å². The van der Waals surface area contributed by atoms with Gasteiger partial charge in [-0.25, -0.2) is 0 Å². The van der Waals surface area contributed by atoms with E-state index in [1.54, 1.807) is 11.8 Å². The van der Waals surface area contributed by atoms with Crippen molar-refractivity contribution in [3.05, 3.63) is 34.9 Å². The molecule has 0 bridgehead atoms. The van der Waals surface area contributed by atoms with E-state index in [0.717, 1.165) is 16.9 Å². The number of benzene rings is 1. The lowest BCUT2D eigenvalue weighted by molar-refractivity contribution is 0.330. The van der Waals surface area contributed by atoms with Gasteiger partial charge < -0.3 is 4.74 Å². The average Bonchev–Trinajstić information content (AvgIpc) is 2.29. The minimum atomic E-state index is -0.168. The Kier molecular flexibility index (Phi) is 3.49. The van der Waals surface area contributed by atoms with Crippen LogP contribution < -0.4 is 4.74 Å². The lowest BCUT2D eigenvalue weighted by Crippen LogP contribution is -2.14. The first-order chi connectivity index (χ1) is 7.26. The summed E-state index contributed by atoms with van der Waals surface area (Å²) >= 11 is 13.7. The number of alkyl halides is 1. The predicted molar refractivity (Wildman–Crippen MR) is 66.2 cm³/mol. The summed E-state index contributed by atoms with van der Waals surface area (Å²) < 4.78 is 5.55. The van der Waals surface area contributed by atoms with Crippen LogP contribution in [0.4, 0.5) is 0 Å². The average molecular weight is 261 g/mol. The van der Waals surface area contributed by atoms with Gasteiger partial charge in [0.2, 0.25) is 0 Å². The summed E-state index contributed by atoms with van der Waals surface area (Å²) in [5, 5.41) is -0.168. The van der Waals surface area contributed by atoms with E-state index in [1.807, 2.05) is 18.4 Å². The largest absolute Gasteiger partial charge is 0.489 e. The zero-order chi connectivity index (χ0) is 10.8. The van der Waals surface area contributed by atoms with Crippen LogP contribution in [0.3, 0.4) is 0 Å². The van der Waals surface area contributed by atoms with E-state index in [-0.39, 0.29) is 5.38 Å². The van der Waals surface area contributed by atoms with Gasteiger partial charge >= 0.3 is 0 Å². The third kappa shape index (κ3) is 2.12. The molecular weight excluding hydrogens is 251 g/mol. The van der Waals surface area contributed by atoms with Gasteiger partial charge in [0.25, 0.3) is 0 Å². The van der Waals surface area contributed by atoms with Gasteiger partial charge in [-0.1, -0.05) is 11.6 Å². The SMILES string of the molecule is CSc1ccc2c(c1)C(Cl)/C(=C/Cl)CO2. The lowest BCUT2D eigenvalue weighted by atomic mass is 10.0. The molecule has 1 aromatic rings. The number of ether oxygens (including phenoxy) is 1. The summed E-state index contributed by atoms with van der Waals surface area (Å²) in [5.41, 5.74) is 3.41. The van der Waals surface area contributed by atoms with E-state index in [4.69, 9.17) is 27.9 Å². The molecule has 2 rings (SSSR count). The highest BCUT2D eigenvalue weighted by molar-refractivity contribution is 7.98. The fourth-order valence-electron chi connectivity index (χ4n) is 1.50. The van der Waals surface area contributed by atoms with Crippen LogP contribution in [0.5, 0.6) is 5.75 Å². The molecule has 1 aliphatic rings. The molecule has 0 aromatic heterocycles. The minimum Gasteiger partial charge on any atom is -0.489 e. The molecule has 0 saturated carbocycles. The predicted octanol–water partition coefficient (Wildman–Crippen LogP) is 4.20. The van der Waals surface area contributed by atoms with E-state index >= 15 is 0 Å². The number of hydrogen-bond acceptors (Lipinski definition) is 2. The molecule has 0 amide bonds. The van der Waals surface area contributed by atoms with Crippen molar-refractivity contribution in [1.82, 2.24) is 0 Å². The van der Waals surface area contributed by atoms with Gasteiger partial charge in [0.05, 0.1) is 5.38 Å². The van der Waals surface area contributed by atoms with Crippen molar-refractivity contribution < 1.29 is 4.74 Å². The molecule has 1 atom stereocenters. The summed E-state index contributed by atoms with van der Waals surface area (Å²) in [7, 11) is 0. The quantitative estimate of drug-likeness (QED) is 0.553. The van der Waals surface area contributed by atoms with Gasteiger partial charge in [0.1, 0.15) is 12.4 Å². The molecular formula is C11H10Cl2OS. The van der Waals surface area contributed by atoms with Crippen LogP contribution in [-0.2, 0) is 0 Å². The first-order valence-corrected chi connectivity index (χ1v) is 6.60. The van der Waals surface area contributed by atoms with Crippen LogP contribution in [0.2, 0.25) is 0 Å². The Hall–Kier alpha value is -0.310. The van der Waals surface area contributed by atoms with Crippen molar-refractivity contribution in [3.8, 4) is 5.75 Å². The summed E-state index contributed by atoms with van der Waals surface area (Å²) in [5.74, 6) is 0.857. The normalized spacial score (nSPS) is 22.3. The molecule has 0 fully saturated rings. The molecule has 4 heteroatoms. The molecule has 80 valence electrons. The van der Waals surface area contributed by atoms with Crippen LogP contribution in [-0.4, -0.2) is 12.9 Å². The van der Waals surface area contributed by atoms with Crippen molar-refractivity contribution in [3.63, 3.8) is 0 Å². The summed E-state index contributed by atoms with van der Waals surface area (Å²) in [6.45, 7) is 0.475. The highest BCUT2D eigenvalue weighted by atomic mass is 35.5. The Morgan fingerprint density at radius 3 is 3.00 bits per heavy atom. The van der Waals surface area contributed by atoms with Gasteiger partial charge in [-0.3, -0.25) is 0 Å². The standard InChI is InChI=1S/C11H10Cl2OS/c1-15-8-2-3-10-9(4-8)11(13)7(5-12)6-14-10/h2-5,11H,6H2,1H3/b7-5+. The fourth-order valence-corrected chi connectivity index (χ4v) is 2.50. The number of halogens is 2. The third-order valence-electron chi connectivity index (χ3n) is 2.35. The van der Waals surface area contributed by atoms with Crippen molar-refractivity contribution in [2.45, 2.75) is 10.3 Å². The van der Waals surface area contributed by atoms with Crippen LogP contribution in [0.15, 0.2) is 34.2 Å². The molecule has 1 unspecified atom stereocenters. The highest BCUT2D eigenvalue weighted by Crippen LogP contribution is 2.41. The molecule has 1 nitrogen and oxygen atoms in total. The van der Waals surface area contributed by atoms with E-state index in [9.17, 15) is 0 Å². The molecule has 0 N–H and O–H groups in total. The lowest BCUT2D eigenvalue weighted by Gasteiger charge is -2.24. The second-order valence-corrected chi connectivity index (χ2v) is 4.77. The van der Waals surface area contributed by atoms with Crippen LogP contribution in [0, 0.1) is 0 Å². The van der Waals surface area contributed by atoms with E-state index in [0.29, 0.717) is 6.61 Å². The van der Waals surface area contributed by atoms with Crippen molar-refractivity contribution in [2.24, 2.45) is 0 Å². The van der Waals surface area contributed by atoms with E-state index in [2.05, 4.69) is 6.07 Å². The number of fused-ring (bicyclic) bond motifs is 1. The Morgan fingerprint density at radius 2 is 2.33 bits per heavy atom. The van der Waals surface area contributed by atoms with Crippen molar-refractivity contribution in [2.75, 3.05) is 12.9 Å². The van der Waals surface area contributed by atoms with Crippen molar-refractivity contribution in [1.29, 1.82) is 0 Å². The molecule has 1 aromatic carbocycles. The zero-order valence-corrected chi connectivity index (χ0v) is 10.5. The van der Waals surface area contributed by atoms with Gasteiger partial charge in [-0.15, -0.1) is 23.4 Å². The second kappa shape index (κ2) is 4.69.